The lowest BCUT2D eigenvalue weighted by Crippen LogP contribution is -2.37. The lowest BCUT2D eigenvalue weighted by Gasteiger charge is -2.19. The number of imide groups is 1. The number of ketones is 1. The van der Waals surface area contributed by atoms with E-state index >= 15 is 0 Å². The predicted molar refractivity (Wildman–Crippen MR) is 103 cm³/mol. The number of para-hydroxylation sites is 1. The zero-order valence-corrected chi connectivity index (χ0v) is 15.1. The van der Waals surface area contributed by atoms with Crippen molar-refractivity contribution in [2.24, 2.45) is 0 Å². The van der Waals surface area contributed by atoms with Crippen LogP contribution in [0, 0.1) is 6.92 Å². The molecule has 1 atom stereocenters. The fourth-order valence-corrected chi connectivity index (χ4v) is 3.44. The van der Waals surface area contributed by atoms with Gasteiger partial charge in [0.15, 0.2) is 5.78 Å². The number of nitrogens with zero attached hydrogens (tertiary/aromatic N) is 2. The highest BCUT2D eigenvalue weighted by atomic mass is 16.2. The first-order valence-corrected chi connectivity index (χ1v) is 8.78. The van der Waals surface area contributed by atoms with Crippen LogP contribution in [-0.2, 0) is 4.79 Å². The van der Waals surface area contributed by atoms with E-state index in [2.05, 4.69) is 4.98 Å². The molecule has 1 saturated heterocycles. The van der Waals surface area contributed by atoms with Crippen molar-refractivity contribution in [3.8, 4) is 0 Å². The second-order valence-corrected chi connectivity index (χ2v) is 6.76. The summed E-state index contributed by atoms with van der Waals surface area (Å²) < 4.78 is 0. The maximum absolute atomic E-state index is 12.9. The molecule has 1 fully saturated rings. The van der Waals surface area contributed by atoms with Crippen molar-refractivity contribution < 1.29 is 14.4 Å². The van der Waals surface area contributed by atoms with Gasteiger partial charge in [0.25, 0.3) is 5.91 Å². The van der Waals surface area contributed by atoms with Crippen molar-refractivity contribution in [2.75, 3.05) is 11.4 Å². The van der Waals surface area contributed by atoms with Gasteiger partial charge in [0.2, 0.25) is 0 Å². The fraction of sp³-hybridized carbons (Fsp3) is 0.190. The molecule has 0 saturated carbocycles. The average Bonchev–Trinajstić information content (AvgIpc) is 3.18. The number of nitrogens with one attached hydrogen (secondary N) is 1. The number of hydrogen-bond donors (Lipinski definition) is 1. The monoisotopic (exact) mass is 361 g/mol. The van der Waals surface area contributed by atoms with Crippen LogP contribution in [0.1, 0.15) is 22.8 Å². The van der Waals surface area contributed by atoms with Crippen molar-refractivity contribution in [2.45, 2.75) is 19.9 Å². The molecular weight excluding hydrogens is 342 g/mol. The largest absolute Gasteiger partial charge is 0.360 e. The summed E-state index contributed by atoms with van der Waals surface area (Å²) in [6.07, 6.45) is 1.62. The molecule has 1 aliphatic heterocycles. The molecule has 3 amide bonds. The Balaban J connectivity index is 1.60. The van der Waals surface area contributed by atoms with Gasteiger partial charge in [0.1, 0.15) is 6.04 Å². The number of hydrogen-bond acceptors (Lipinski definition) is 3. The number of fused-ring (bicyclic) bond motifs is 1. The van der Waals surface area contributed by atoms with Crippen LogP contribution < -0.4 is 4.90 Å². The fourth-order valence-electron chi connectivity index (χ4n) is 3.44. The van der Waals surface area contributed by atoms with E-state index in [4.69, 9.17) is 0 Å². The van der Waals surface area contributed by atoms with Gasteiger partial charge in [-0.05, 0) is 32.0 Å². The number of urea groups is 1. The van der Waals surface area contributed by atoms with Crippen molar-refractivity contribution in [1.82, 2.24) is 9.88 Å². The minimum atomic E-state index is -0.643. The van der Waals surface area contributed by atoms with Gasteiger partial charge < -0.3 is 4.98 Å². The van der Waals surface area contributed by atoms with Gasteiger partial charge in [0.05, 0.1) is 6.54 Å². The van der Waals surface area contributed by atoms with Crippen LogP contribution in [0.25, 0.3) is 10.9 Å². The number of benzene rings is 2. The number of anilines is 1. The molecular formula is C21H19N3O3. The molecule has 0 aliphatic carbocycles. The molecule has 6 nitrogen and oxygen atoms in total. The molecule has 1 unspecified atom stereocenters. The maximum Gasteiger partial charge on any atom is 0.332 e. The van der Waals surface area contributed by atoms with E-state index in [0.29, 0.717) is 11.3 Å². The molecule has 1 N–H and O–H groups in total. The van der Waals surface area contributed by atoms with Gasteiger partial charge in [-0.25, -0.2) is 4.79 Å². The van der Waals surface area contributed by atoms with E-state index in [9.17, 15) is 14.4 Å². The Morgan fingerprint density at radius 1 is 1.07 bits per heavy atom. The van der Waals surface area contributed by atoms with Gasteiger partial charge in [-0.2, -0.15) is 0 Å². The normalized spacial score (nSPS) is 17.2. The van der Waals surface area contributed by atoms with Gasteiger partial charge in [-0.1, -0.05) is 35.9 Å². The standard InChI is InChI=1S/C21H19N3O3/c1-13-7-9-15(10-8-13)24-14(2)20(26)23(21(24)27)12-19(25)17-11-22-18-6-4-3-5-16(17)18/h3-11,14,22H,12H2,1-2H3. The molecule has 3 aromatic rings. The average molecular weight is 361 g/mol. The zero-order valence-electron chi connectivity index (χ0n) is 15.1. The van der Waals surface area contributed by atoms with Gasteiger partial charge in [0, 0.05) is 28.4 Å². The quantitative estimate of drug-likeness (QED) is 0.571. The molecule has 2 aromatic carbocycles. The van der Waals surface area contributed by atoms with Crippen molar-refractivity contribution in [3.05, 3.63) is 65.9 Å². The highest BCUT2D eigenvalue weighted by molar-refractivity contribution is 6.18. The number of carbonyl (C=O) groups excluding carboxylic acids is 3. The van der Waals surface area contributed by atoms with Crippen molar-refractivity contribution in [1.29, 1.82) is 0 Å². The van der Waals surface area contributed by atoms with Gasteiger partial charge >= 0.3 is 6.03 Å². The smallest absolute Gasteiger partial charge is 0.332 e. The first kappa shape index (κ1) is 17.0. The summed E-state index contributed by atoms with van der Waals surface area (Å²) >= 11 is 0. The van der Waals surface area contributed by atoms with E-state index < -0.39 is 12.1 Å². The molecule has 4 rings (SSSR count). The molecule has 1 aliphatic rings. The highest BCUT2D eigenvalue weighted by Crippen LogP contribution is 2.27. The second kappa shape index (κ2) is 6.39. The first-order valence-electron chi connectivity index (χ1n) is 8.78. The minimum absolute atomic E-state index is 0.271. The van der Waals surface area contributed by atoms with Crippen LogP contribution in [-0.4, -0.2) is 40.2 Å². The number of carbonyl (C=O) groups is 3. The Morgan fingerprint density at radius 3 is 2.52 bits per heavy atom. The van der Waals surface area contributed by atoms with E-state index in [1.165, 1.54) is 4.90 Å². The molecule has 27 heavy (non-hydrogen) atoms. The number of Topliss-reactive ketones (excluding diaryl/α,β-unsaturated/α-hetero) is 1. The van der Waals surface area contributed by atoms with Crippen LogP contribution in [0.2, 0.25) is 0 Å². The molecule has 2 heterocycles. The summed E-state index contributed by atoms with van der Waals surface area (Å²) in [5.74, 6) is -0.638. The Bertz CT molecular complexity index is 1050. The number of aromatic amines is 1. The summed E-state index contributed by atoms with van der Waals surface area (Å²) in [7, 11) is 0. The van der Waals surface area contributed by atoms with Crippen LogP contribution in [0.3, 0.4) is 0 Å². The van der Waals surface area contributed by atoms with Crippen molar-refractivity contribution >= 4 is 34.3 Å². The SMILES string of the molecule is Cc1ccc(N2C(=O)N(CC(=O)c3c[nH]c4ccccc34)C(=O)C2C)cc1. The van der Waals surface area contributed by atoms with Gasteiger partial charge in [-0.3, -0.25) is 19.4 Å². The minimum Gasteiger partial charge on any atom is -0.360 e. The molecule has 0 bridgehead atoms. The summed E-state index contributed by atoms with van der Waals surface area (Å²) in [6, 6.07) is 13.7. The Hall–Kier alpha value is -3.41. The third-order valence-corrected chi connectivity index (χ3v) is 4.95. The first-order chi connectivity index (χ1) is 13.0. The molecule has 1 aromatic heterocycles. The summed E-state index contributed by atoms with van der Waals surface area (Å²) in [5.41, 5.74) is 3.03. The molecule has 0 radical (unpaired) electrons. The molecule has 136 valence electrons. The summed E-state index contributed by atoms with van der Waals surface area (Å²) in [6.45, 7) is 3.36. The second-order valence-electron chi connectivity index (χ2n) is 6.76. The van der Waals surface area contributed by atoms with Crippen molar-refractivity contribution in [3.63, 3.8) is 0 Å². The number of amides is 3. The van der Waals surface area contributed by atoms with Crippen LogP contribution in [0.15, 0.2) is 54.7 Å². The molecule has 6 heteroatoms. The maximum atomic E-state index is 12.9. The number of rotatable bonds is 4. The van der Waals surface area contributed by atoms with E-state index in [1.807, 2.05) is 55.5 Å². The number of aryl methyl sites for hydroxylation is 1. The Labute approximate surface area is 156 Å². The van der Waals surface area contributed by atoms with Gasteiger partial charge in [-0.15, -0.1) is 0 Å². The Kier molecular flexibility index (Phi) is 4.03. The predicted octanol–water partition coefficient (Wildman–Crippen LogP) is 3.52. The van der Waals surface area contributed by atoms with E-state index in [0.717, 1.165) is 21.4 Å². The van der Waals surface area contributed by atoms with E-state index in [-0.39, 0.29) is 18.2 Å². The summed E-state index contributed by atoms with van der Waals surface area (Å²) in [5, 5.41) is 0.782. The number of aromatic nitrogens is 1. The third-order valence-electron chi connectivity index (χ3n) is 4.95. The van der Waals surface area contributed by atoms with Crippen LogP contribution in [0.4, 0.5) is 10.5 Å². The lowest BCUT2D eigenvalue weighted by molar-refractivity contribution is -0.126. The van der Waals surface area contributed by atoms with Crippen LogP contribution >= 0.6 is 0 Å². The van der Waals surface area contributed by atoms with Crippen LogP contribution in [0.5, 0.6) is 0 Å². The summed E-state index contributed by atoms with van der Waals surface area (Å²) in [4.78, 5) is 43.8. The highest BCUT2D eigenvalue weighted by Gasteiger charge is 2.44. The zero-order chi connectivity index (χ0) is 19.1. The number of H-pyrrole nitrogens is 1. The van der Waals surface area contributed by atoms with E-state index in [1.54, 1.807) is 13.1 Å². The third kappa shape index (κ3) is 2.79. The topological polar surface area (TPSA) is 73.5 Å². The molecule has 0 spiro atoms. The lowest BCUT2D eigenvalue weighted by atomic mass is 10.1. The Morgan fingerprint density at radius 2 is 1.78 bits per heavy atom.